The van der Waals surface area contributed by atoms with Gasteiger partial charge >= 0.3 is 6.09 Å². The number of alkyl carbamates (subject to hydrolysis) is 1. The standard InChI is InChI=1S/C23H41N3O8S/c1-15(2)13-18(26-23(30)34-12-6-9-16-7-4-3-5-8-16)21(28)25-19(22(29)35(31,32)33)14-17-10-11-24-20(17)27/h15-19,22,29H,3-14H2,1-2H3,(H,24,27)(H,25,28)(H,26,30)(H,31,32,33)/t17-,18-,19-,22?/m0/s1. The van der Waals surface area contributed by atoms with Gasteiger partial charge in [0.15, 0.2) is 0 Å². The monoisotopic (exact) mass is 519 g/mol. The summed E-state index contributed by atoms with van der Waals surface area (Å²) in [4.78, 5) is 37.2. The molecule has 1 aliphatic heterocycles. The Morgan fingerprint density at radius 1 is 1.14 bits per heavy atom. The van der Waals surface area contributed by atoms with Crippen molar-refractivity contribution in [2.45, 2.75) is 95.6 Å². The van der Waals surface area contributed by atoms with Gasteiger partial charge in [0.1, 0.15) is 6.04 Å². The van der Waals surface area contributed by atoms with Gasteiger partial charge in [0.05, 0.1) is 12.6 Å². The molecule has 1 heterocycles. The van der Waals surface area contributed by atoms with Crippen molar-refractivity contribution in [3.8, 4) is 0 Å². The first-order valence-electron chi connectivity index (χ1n) is 12.6. The van der Waals surface area contributed by atoms with Gasteiger partial charge in [-0.2, -0.15) is 8.42 Å². The van der Waals surface area contributed by atoms with Gasteiger partial charge in [0.25, 0.3) is 10.1 Å². The maximum absolute atomic E-state index is 13.0. The number of hydrogen-bond donors (Lipinski definition) is 5. The number of amides is 3. The van der Waals surface area contributed by atoms with E-state index < -0.39 is 45.6 Å². The number of carbonyl (C=O) groups is 3. The average molecular weight is 520 g/mol. The molecule has 12 heteroatoms. The summed E-state index contributed by atoms with van der Waals surface area (Å²) in [6.45, 7) is 4.34. The number of aliphatic hydroxyl groups excluding tert-OH is 1. The van der Waals surface area contributed by atoms with E-state index >= 15 is 0 Å². The van der Waals surface area contributed by atoms with Gasteiger partial charge in [0, 0.05) is 12.5 Å². The summed E-state index contributed by atoms with van der Waals surface area (Å²) in [7, 11) is -4.91. The molecule has 1 unspecified atom stereocenters. The number of carbonyl (C=O) groups excluding carboxylic acids is 3. The summed E-state index contributed by atoms with van der Waals surface area (Å²) in [6, 6.07) is -2.48. The number of aliphatic hydroxyl groups is 1. The van der Waals surface area contributed by atoms with Gasteiger partial charge in [-0.3, -0.25) is 14.1 Å². The Morgan fingerprint density at radius 2 is 1.83 bits per heavy atom. The van der Waals surface area contributed by atoms with E-state index in [1.54, 1.807) is 0 Å². The molecule has 0 radical (unpaired) electrons. The van der Waals surface area contributed by atoms with Crippen LogP contribution in [-0.2, 0) is 24.4 Å². The summed E-state index contributed by atoms with van der Waals surface area (Å²) in [5.41, 5.74) is -2.31. The van der Waals surface area contributed by atoms with Crippen molar-refractivity contribution in [1.82, 2.24) is 16.0 Å². The molecule has 2 fully saturated rings. The van der Waals surface area contributed by atoms with E-state index in [0.29, 0.717) is 18.9 Å². The molecule has 0 aromatic rings. The molecule has 1 saturated carbocycles. The molecule has 2 aliphatic rings. The molecular weight excluding hydrogens is 478 g/mol. The quantitative estimate of drug-likeness (QED) is 0.181. The molecule has 35 heavy (non-hydrogen) atoms. The third-order valence-corrected chi connectivity index (χ3v) is 7.65. The SMILES string of the molecule is CC(C)C[C@H](NC(=O)OCCCC1CCCCC1)C(=O)N[C@@H](C[C@@H]1CCNC1=O)C(O)S(=O)(=O)O. The Hall–Kier alpha value is -1.92. The van der Waals surface area contributed by atoms with E-state index in [2.05, 4.69) is 16.0 Å². The van der Waals surface area contributed by atoms with Gasteiger partial charge in [-0.1, -0.05) is 46.0 Å². The van der Waals surface area contributed by atoms with Gasteiger partial charge in [0.2, 0.25) is 17.3 Å². The molecule has 3 amide bonds. The van der Waals surface area contributed by atoms with Crippen molar-refractivity contribution in [2.75, 3.05) is 13.2 Å². The topological polar surface area (TPSA) is 171 Å². The van der Waals surface area contributed by atoms with Crippen molar-refractivity contribution < 1.29 is 37.2 Å². The van der Waals surface area contributed by atoms with Crippen LogP contribution >= 0.6 is 0 Å². The Kier molecular flexibility index (Phi) is 11.7. The van der Waals surface area contributed by atoms with Crippen LogP contribution in [0.3, 0.4) is 0 Å². The van der Waals surface area contributed by atoms with Crippen molar-refractivity contribution in [3.63, 3.8) is 0 Å². The summed E-state index contributed by atoms with van der Waals surface area (Å²) < 4.78 is 37.7. The van der Waals surface area contributed by atoms with Crippen LogP contribution in [0, 0.1) is 17.8 Å². The lowest BCUT2D eigenvalue weighted by molar-refractivity contribution is -0.126. The summed E-state index contributed by atoms with van der Waals surface area (Å²) in [5.74, 6) is -1.00. The fourth-order valence-corrected chi connectivity index (χ4v) is 5.41. The van der Waals surface area contributed by atoms with Crippen LogP contribution in [0.25, 0.3) is 0 Å². The van der Waals surface area contributed by atoms with E-state index in [9.17, 15) is 32.5 Å². The van der Waals surface area contributed by atoms with Crippen molar-refractivity contribution >= 4 is 28.0 Å². The third kappa shape index (κ3) is 10.3. The molecule has 4 atom stereocenters. The molecule has 0 spiro atoms. The highest BCUT2D eigenvalue weighted by molar-refractivity contribution is 7.86. The first-order valence-corrected chi connectivity index (χ1v) is 14.1. The summed E-state index contributed by atoms with van der Waals surface area (Å²) >= 11 is 0. The summed E-state index contributed by atoms with van der Waals surface area (Å²) in [6.07, 6.45) is 7.64. The number of nitrogens with one attached hydrogen (secondary N) is 3. The van der Waals surface area contributed by atoms with Gasteiger partial charge < -0.3 is 25.8 Å². The van der Waals surface area contributed by atoms with Crippen LogP contribution in [0.1, 0.15) is 78.1 Å². The van der Waals surface area contributed by atoms with E-state index in [0.717, 1.165) is 12.8 Å². The zero-order chi connectivity index (χ0) is 26.0. The minimum absolute atomic E-state index is 0.00269. The van der Waals surface area contributed by atoms with Crippen LogP contribution < -0.4 is 16.0 Å². The molecule has 1 saturated heterocycles. The Bertz CT molecular complexity index is 814. The van der Waals surface area contributed by atoms with Gasteiger partial charge in [-0.15, -0.1) is 0 Å². The van der Waals surface area contributed by atoms with Crippen LogP contribution in [0.4, 0.5) is 4.79 Å². The van der Waals surface area contributed by atoms with Crippen molar-refractivity contribution in [2.24, 2.45) is 17.8 Å². The molecule has 0 bridgehead atoms. The molecule has 202 valence electrons. The zero-order valence-corrected chi connectivity index (χ0v) is 21.5. The number of ether oxygens (including phenoxy) is 1. The maximum atomic E-state index is 13.0. The minimum Gasteiger partial charge on any atom is -0.450 e. The van der Waals surface area contributed by atoms with E-state index in [1.165, 1.54) is 32.1 Å². The second kappa shape index (κ2) is 14.0. The predicted molar refractivity (Wildman–Crippen MR) is 129 cm³/mol. The van der Waals surface area contributed by atoms with Crippen LogP contribution in [0.2, 0.25) is 0 Å². The highest BCUT2D eigenvalue weighted by atomic mass is 32.2. The fraction of sp³-hybridized carbons (Fsp3) is 0.870. The van der Waals surface area contributed by atoms with Gasteiger partial charge in [-0.25, -0.2) is 4.79 Å². The second-order valence-electron chi connectivity index (χ2n) is 10.1. The van der Waals surface area contributed by atoms with Gasteiger partial charge in [-0.05, 0) is 43.9 Å². The number of hydrogen-bond acceptors (Lipinski definition) is 7. The largest absolute Gasteiger partial charge is 0.450 e. The van der Waals surface area contributed by atoms with E-state index in [1.807, 2.05) is 13.8 Å². The highest BCUT2D eigenvalue weighted by Gasteiger charge is 2.37. The molecule has 11 nitrogen and oxygen atoms in total. The third-order valence-electron chi connectivity index (χ3n) is 6.71. The molecule has 5 N–H and O–H groups in total. The molecule has 0 aromatic carbocycles. The highest BCUT2D eigenvalue weighted by Crippen LogP contribution is 2.27. The lowest BCUT2D eigenvalue weighted by Crippen LogP contribution is -2.55. The minimum atomic E-state index is -4.91. The summed E-state index contributed by atoms with van der Waals surface area (Å²) in [5, 5.41) is 17.7. The van der Waals surface area contributed by atoms with Crippen LogP contribution in [0.15, 0.2) is 0 Å². The maximum Gasteiger partial charge on any atom is 0.407 e. The number of rotatable bonds is 13. The molecular formula is C23H41N3O8S. The first-order chi connectivity index (χ1) is 16.5. The second-order valence-corrected chi connectivity index (χ2v) is 11.7. The fourth-order valence-electron chi connectivity index (χ4n) is 4.81. The normalized spacial score (nSPS) is 21.7. The average Bonchev–Trinajstić information content (AvgIpc) is 3.19. The molecule has 1 aliphatic carbocycles. The van der Waals surface area contributed by atoms with Crippen LogP contribution in [0.5, 0.6) is 0 Å². The van der Waals surface area contributed by atoms with E-state index in [4.69, 9.17) is 4.74 Å². The molecule has 2 rings (SSSR count). The Balaban J connectivity index is 1.94. The smallest absolute Gasteiger partial charge is 0.407 e. The van der Waals surface area contributed by atoms with Crippen LogP contribution in [-0.4, -0.2) is 66.7 Å². The first kappa shape index (κ1) is 29.3. The predicted octanol–water partition coefficient (Wildman–Crippen LogP) is 1.71. The Morgan fingerprint density at radius 3 is 2.40 bits per heavy atom. The molecule has 0 aromatic heterocycles. The van der Waals surface area contributed by atoms with Crippen molar-refractivity contribution in [3.05, 3.63) is 0 Å². The lowest BCUT2D eigenvalue weighted by atomic mass is 9.86. The van der Waals surface area contributed by atoms with E-state index in [-0.39, 0.29) is 31.3 Å². The Labute approximate surface area is 207 Å². The van der Waals surface area contributed by atoms with Crippen molar-refractivity contribution in [1.29, 1.82) is 0 Å². The lowest BCUT2D eigenvalue weighted by Gasteiger charge is -2.27. The zero-order valence-electron chi connectivity index (χ0n) is 20.7.